The van der Waals surface area contributed by atoms with Crippen LogP contribution in [-0.2, 0) is 5.41 Å². The molecule has 3 aromatic carbocycles. The fourth-order valence-corrected chi connectivity index (χ4v) is 4.28. The SMILES string of the molecule is CCCCC1=Cc2ccccc2C1(c1ccccc1)c1ccccc1. The highest BCUT2D eigenvalue weighted by molar-refractivity contribution is 5.77. The third-order valence-electron chi connectivity index (χ3n) is 5.39. The van der Waals surface area contributed by atoms with Crippen LogP contribution >= 0.6 is 0 Å². The lowest BCUT2D eigenvalue weighted by Crippen LogP contribution is -2.29. The van der Waals surface area contributed by atoms with Crippen LogP contribution in [0.1, 0.15) is 48.4 Å². The summed E-state index contributed by atoms with van der Waals surface area (Å²) in [7, 11) is 0. The molecule has 0 atom stereocenters. The van der Waals surface area contributed by atoms with Crippen molar-refractivity contribution in [2.45, 2.75) is 31.6 Å². The van der Waals surface area contributed by atoms with Gasteiger partial charge in [-0.25, -0.2) is 0 Å². The first kappa shape index (κ1) is 15.9. The van der Waals surface area contributed by atoms with Crippen LogP contribution in [0.4, 0.5) is 0 Å². The molecule has 0 aliphatic heterocycles. The summed E-state index contributed by atoms with van der Waals surface area (Å²) in [5.41, 5.74) is 6.88. The van der Waals surface area contributed by atoms with Gasteiger partial charge in [0.05, 0.1) is 5.41 Å². The standard InChI is InChI=1S/C25H24/c1-2-3-13-23-19-20-12-10-11-18-24(20)25(23,21-14-6-4-7-15-21)22-16-8-5-9-17-22/h4-12,14-19H,2-3,13H2,1H3. The fourth-order valence-electron chi connectivity index (χ4n) is 4.28. The Morgan fingerprint density at radius 1 is 0.680 bits per heavy atom. The summed E-state index contributed by atoms with van der Waals surface area (Å²) in [6.07, 6.45) is 6.01. The molecule has 0 heteroatoms. The van der Waals surface area contributed by atoms with E-state index >= 15 is 0 Å². The second-order valence-corrected chi connectivity index (χ2v) is 6.84. The van der Waals surface area contributed by atoms with Gasteiger partial charge in [-0.05, 0) is 35.1 Å². The largest absolute Gasteiger partial charge is 0.0670 e. The van der Waals surface area contributed by atoms with Crippen molar-refractivity contribution in [3.8, 4) is 0 Å². The number of allylic oxidation sites excluding steroid dienone is 1. The van der Waals surface area contributed by atoms with E-state index in [9.17, 15) is 0 Å². The Morgan fingerprint density at radius 3 is 1.84 bits per heavy atom. The minimum Gasteiger partial charge on any atom is -0.0654 e. The van der Waals surface area contributed by atoms with Crippen LogP contribution in [0.2, 0.25) is 0 Å². The van der Waals surface area contributed by atoms with Crippen molar-refractivity contribution in [1.29, 1.82) is 0 Å². The number of hydrogen-bond donors (Lipinski definition) is 0. The number of unbranched alkanes of at least 4 members (excludes halogenated alkanes) is 1. The molecule has 0 unspecified atom stereocenters. The van der Waals surface area contributed by atoms with E-state index in [1.54, 1.807) is 0 Å². The maximum atomic E-state index is 2.44. The van der Waals surface area contributed by atoms with Crippen LogP contribution in [0.25, 0.3) is 6.08 Å². The van der Waals surface area contributed by atoms with Gasteiger partial charge < -0.3 is 0 Å². The van der Waals surface area contributed by atoms with Gasteiger partial charge >= 0.3 is 0 Å². The van der Waals surface area contributed by atoms with Gasteiger partial charge in [0, 0.05) is 0 Å². The second-order valence-electron chi connectivity index (χ2n) is 6.84. The van der Waals surface area contributed by atoms with Crippen LogP contribution in [0.5, 0.6) is 0 Å². The molecule has 0 saturated heterocycles. The predicted octanol–water partition coefficient (Wildman–Crippen LogP) is 6.61. The van der Waals surface area contributed by atoms with Crippen molar-refractivity contribution in [2.75, 3.05) is 0 Å². The first-order valence-corrected chi connectivity index (χ1v) is 9.29. The molecule has 25 heavy (non-hydrogen) atoms. The summed E-state index contributed by atoms with van der Waals surface area (Å²) in [6, 6.07) is 30.9. The molecule has 1 aliphatic rings. The lowest BCUT2D eigenvalue weighted by molar-refractivity contribution is 0.666. The molecule has 124 valence electrons. The van der Waals surface area contributed by atoms with Gasteiger partial charge in [-0.15, -0.1) is 0 Å². The summed E-state index contributed by atoms with van der Waals surface area (Å²) in [4.78, 5) is 0. The Morgan fingerprint density at radius 2 is 1.24 bits per heavy atom. The Balaban J connectivity index is 2.03. The molecule has 0 heterocycles. The van der Waals surface area contributed by atoms with E-state index in [1.807, 2.05) is 0 Å². The quantitative estimate of drug-likeness (QED) is 0.495. The summed E-state index contributed by atoms with van der Waals surface area (Å²) >= 11 is 0. The number of rotatable bonds is 5. The Hall–Kier alpha value is -2.60. The van der Waals surface area contributed by atoms with E-state index in [0.717, 1.165) is 6.42 Å². The fraction of sp³-hybridized carbons (Fsp3) is 0.200. The molecule has 4 rings (SSSR count). The second kappa shape index (κ2) is 6.72. The Labute approximate surface area is 150 Å². The van der Waals surface area contributed by atoms with E-state index in [2.05, 4.69) is 97.9 Å². The molecule has 0 bridgehead atoms. The average Bonchev–Trinajstić information content (AvgIpc) is 3.02. The molecule has 1 aliphatic carbocycles. The van der Waals surface area contributed by atoms with Gasteiger partial charge in [0.15, 0.2) is 0 Å². The van der Waals surface area contributed by atoms with Crippen LogP contribution in [0.3, 0.4) is 0 Å². The monoisotopic (exact) mass is 324 g/mol. The van der Waals surface area contributed by atoms with Crippen molar-refractivity contribution in [3.63, 3.8) is 0 Å². The van der Waals surface area contributed by atoms with Crippen molar-refractivity contribution in [3.05, 3.63) is 113 Å². The highest BCUT2D eigenvalue weighted by Gasteiger charge is 2.43. The van der Waals surface area contributed by atoms with Crippen LogP contribution in [0, 0.1) is 0 Å². The van der Waals surface area contributed by atoms with Crippen LogP contribution < -0.4 is 0 Å². The average molecular weight is 324 g/mol. The molecule has 0 nitrogen and oxygen atoms in total. The molecule has 0 saturated carbocycles. The molecular weight excluding hydrogens is 300 g/mol. The molecule has 0 fully saturated rings. The molecule has 0 radical (unpaired) electrons. The topological polar surface area (TPSA) is 0 Å². The molecule has 3 aromatic rings. The zero-order valence-electron chi connectivity index (χ0n) is 14.8. The van der Waals surface area contributed by atoms with E-state index < -0.39 is 0 Å². The lowest BCUT2D eigenvalue weighted by Gasteiger charge is -2.36. The summed E-state index contributed by atoms with van der Waals surface area (Å²) < 4.78 is 0. The van der Waals surface area contributed by atoms with Gasteiger partial charge in [0.2, 0.25) is 0 Å². The van der Waals surface area contributed by atoms with E-state index in [1.165, 1.54) is 40.7 Å². The van der Waals surface area contributed by atoms with Gasteiger partial charge in [-0.1, -0.05) is 110 Å². The van der Waals surface area contributed by atoms with Crippen LogP contribution in [0.15, 0.2) is 90.5 Å². The van der Waals surface area contributed by atoms with Gasteiger partial charge in [0.25, 0.3) is 0 Å². The van der Waals surface area contributed by atoms with Crippen molar-refractivity contribution in [1.82, 2.24) is 0 Å². The molecule has 0 amide bonds. The Bertz CT molecular complexity index is 833. The Kier molecular flexibility index (Phi) is 4.28. The maximum absolute atomic E-state index is 2.44. The number of fused-ring (bicyclic) bond motifs is 1. The molecule has 0 spiro atoms. The van der Waals surface area contributed by atoms with E-state index in [0.29, 0.717) is 0 Å². The highest BCUT2D eigenvalue weighted by atomic mass is 14.4. The van der Waals surface area contributed by atoms with E-state index in [-0.39, 0.29) is 5.41 Å². The predicted molar refractivity (Wildman–Crippen MR) is 107 cm³/mol. The highest BCUT2D eigenvalue weighted by Crippen LogP contribution is 2.52. The lowest BCUT2D eigenvalue weighted by atomic mass is 9.66. The minimum absolute atomic E-state index is 0.158. The summed E-state index contributed by atoms with van der Waals surface area (Å²) in [6.45, 7) is 2.27. The number of benzene rings is 3. The summed E-state index contributed by atoms with van der Waals surface area (Å²) in [5.74, 6) is 0. The smallest absolute Gasteiger partial charge is 0.0654 e. The first-order valence-electron chi connectivity index (χ1n) is 9.29. The first-order chi connectivity index (χ1) is 12.4. The van der Waals surface area contributed by atoms with E-state index in [4.69, 9.17) is 0 Å². The van der Waals surface area contributed by atoms with Crippen molar-refractivity contribution in [2.24, 2.45) is 0 Å². The van der Waals surface area contributed by atoms with Crippen LogP contribution in [-0.4, -0.2) is 0 Å². The van der Waals surface area contributed by atoms with Gasteiger partial charge in [-0.3, -0.25) is 0 Å². The third-order valence-corrected chi connectivity index (χ3v) is 5.39. The minimum atomic E-state index is -0.158. The maximum Gasteiger partial charge on any atom is 0.0670 e. The number of hydrogen-bond acceptors (Lipinski definition) is 0. The molecule has 0 N–H and O–H groups in total. The van der Waals surface area contributed by atoms with Gasteiger partial charge in [-0.2, -0.15) is 0 Å². The normalized spacial score (nSPS) is 14.8. The van der Waals surface area contributed by atoms with Crippen molar-refractivity contribution < 1.29 is 0 Å². The zero-order chi connectivity index (χ0) is 17.1. The summed E-state index contributed by atoms with van der Waals surface area (Å²) in [5, 5.41) is 0. The zero-order valence-corrected chi connectivity index (χ0v) is 14.8. The van der Waals surface area contributed by atoms with Crippen molar-refractivity contribution >= 4 is 6.08 Å². The third kappa shape index (κ3) is 2.53. The molecular formula is C25H24. The molecule has 0 aromatic heterocycles. The van der Waals surface area contributed by atoms with Gasteiger partial charge in [0.1, 0.15) is 0 Å².